The van der Waals surface area contributed by atoms with Gasteiger partial charge < -0.3 is 9.47 Å². The number of alkyl halides is 1. The van der Waals surface area contributed by atoms with E-state index in [1.807, 2.05) is 0 Å². The quantitative estimate of drug-likeness (QED) is 0.746. The third kappa shape index (κ3) is 3.55. The van der Waals surface area contributed by atoms with E-state index in [1.165, 1.54) is 14.2 Å². The van der Waals surface area contributed by atoms with Crippen LogP contribution in [0.25, 0.3) is 0 Å². The molecule has 19 heavy (non-hydrogen) atoms. The molecule has 1 aromatic rings. The molecule has 0 radical (unpaired) electrons. The second kappa shape index (κ2) is 6.33. The molecule has 0 bridgehead atoms. The molecule has 0 amide bonds. The molecule has 7 heteroatoms. The molecule has 4 nitrogen and oxygen atoms in total. The van der Waals surface area contributed by atoms with E-state index in [-0.39, 0.29) is 0 Å². The zero-order valence-corrected chi connectivity index (χ0v) is 14.3. The lowest BCUT2D eigenvalue weighted by atomic mass is 10.1. The molecular formula is C12H16BrClO4S. The number of methoxy groups -OCH3 is 2. The molecule has 0 heterocycles. The monoisotopic (exact) mass is 370 g/mol. The van der Waals surface area contributed by atoms with Gasteiger partial charge in [0.05, 0.1) is 24.8 Å². The van der Waals surface area contributed by atoms with Crippen LogP contribution in [0.4, 0.5) is 0 Å². The number of hydrogen-bond donors (Lipinski definition) is 0. The van der Waals surface area contributed by atoms with Gasteiger partial charge >= 0.3 is 0 Å². The topological polar surface area (TPSA) is 52.6 Å². The van der Waals surface area contributed by atoms with E-state index in [2.05, 4.69) is 15.9 Å². The predicted molar refractivity (Wildman–Crippen MR) is 80.1 cm³/mol. The van der Waals surface area contributed by atoms with Crippen LogP contribution in [0.2, 0.25) is 0 Å². The van der Waals surface area contributed by atoms with Gasteiger partial charge in [0, 0.05) is 11.8 Å². The Morgan fingerprint density at radius 1 is 1.26 bits per heavy atom. The Morgan fingerprint density at radius 2 is 1.84 bits per heavy atom. The molecule has 2 atom stereocenters. The third-order valence-electron chi connectivity index (χ3n) is 2.90. The highest BCUT2D eigenvalue weighted by molar-refractivity contribution is 9.10. The number of rotatable bonds is 5. The first-order valence-electron chi connectivity index (χ1n) is 5.47. The molecule has 0 aliphatic carbocycles. The van der Waals surface area contributed by atoms with Crippen molar-refractivity contribution in [3.8, 4) is 11.5 Å². The fourth-order valence-corrected chi connectivity index (χ4v) is 3.60. The second-order valence-electron chi connectivity index (χ2n) is 4.14. The number of hydrogen-bond acceptors (Lipinski definition) is 4. The van der Waals surface area contributed by atoms with Crippen molar-refractivity contribution in [2.45, 2.75) is 17.6 Å². The maximum absolute atomic E-state index is 11.6. The van der Waals surface area contributed by atoms with Crippen LogP contribution in [0.3, 0.4) is 0 Å². The Bertz CT molecular complexity index is 559. The maximum atomic E-state index is 11.6. The molecule has 0 saturated carbocycles. The van der Waals surface area contributed by atoms with Gasteiger partial charge in [0.1, 0.15) is 16.0 Å². The average molecular weight is 372 g/mol. The van der Waals surface area contributed by atoms with Crippen LogP contribution in [0.15, 0.2) is 16.6 Å². The van der Waals surface area contributed by atoms with Crippen molar-refractivity contribution in [3.05, 3.63) is 22.2 Å². The molecule has 0 saturated heterocycles. The van der Waals surface area contributed by atoms with Crippen molar-refractivity contribution >= 4 is 37.4 Å². The number of halogens is 2. The Labute approximate surface area is 127 Å². The Kier molecular flexibility index (Phi) is 5.53. The summed E-state index contributed by atoms with van der Waals surface area (Å²) in [6.07, 6.45) is 1.16. The molecule has 108 valence electrons. The minimum atomic E-state index is -3.24. The van der Waals surface area contributed by atoms with E-state index in [1.54, 1.807) is 19.1 Å². The predicted octanol–water partition coefficient (Wildman–Crippen LogP) is 3.18. The van der Waals surface area contributed by atoms with Gasteiger partial charge in [-0.15, -0.1) is 11.6 Å². The van der Waals surface area contributed by atoms with E-state index < -0.39 is 20.5 Å². The lowest BCUT2D eigenvalue weighted by molar-refractivity contribution is 0.385. The summed E-state index contributed by atoms with van der Waals surface area (Å²) in [6, 6.07) is 3.42. The zero-order chi connectivity index (χ0) is 14.8. The van der Waals surface area contributed by atoms with E-state index in [4.69, 9.17) is 21.1 Å². The van der Waals surface area contributed by atoms with Gasteiger partial charge in [-0.3, -0.25) is 0 Å². The first-order valence-corrected chi connectivity index (χ1v) is 8.65. The van der Waals surface area contributed by atoms with Crippen LogP contribution in [0.1, 0.15) is 17.9 Å². The van der Waals surface area contributed by atoms with Gasteiger partial charge in [-0.1, -0.05) is 6.07 Å². The van der Waals surface area contributed by atoms with E-state index in [0.29, 0.717) is 21.5 Å². The van der Waals surface area contributed by atoms with Gasteiger partial charge in [-0.05, 0) is 28.9 Å². The van der Waals surface area contributed by atoms with Crippen LogP contribution >= 0.6 is 27.5 Å². The first-order chi connectivity index (χ1) is 8.73. The largest absolute Gasteiger partial charge is 0.495 e. The van der Waals surface area contributed by atoms with Gasteiger partial charge in [0.15, 0.2) is 9.84 Å². The Balaban J connectivity index is 3.32. The molecule has 0 spiro atoms. The summed E-state index contributed by atoms with van der Waals surface area (Å²) in [5.74, 6) is 1.08. The number of benzene rings is 1. The van der Waals surface area contributed by atoms with E-state index in [9.17, 15) is 8.42 Å². The van der Waals surface area contributed by atoms with Crippen molar-refractivity contribution in [2.75, 3.05) is 20.5 Å². The zero-order valence-electron chi connectivity index (χ0n) is 11.1. The highest BCUT2D eigenvalue weighted by Crippen LogP contribution is 2.43. The lowest BCUT2D eigenvalue weighted by Crippen LogP contribution is -2.21. The number of ether oxygens (including phenoxy) is 2. The minimum absolute atomic E-state index is 0.481. The van der Waals surface area contributed by atoms with Crippen molar-refractivity contribution in [1.82, 2.24) is 0 Å². The highest BCUT2D eigenvalue weighted by Gasteiger charge is 2.29. The van der Waals surface area contributed by atoms with Gasteiger partial charge in [0.2, 0.25) is 0 Å². The summed E-state index contributed by atoms with van der Waals surface area (Å²) in [7, 11) is -0.202. The van der Waals surface area contributed by atoms with Crippen LogP contribution < -0.4 is 9.47 Å². The molecule has 1 rings (SSSR count). The third-order valence-corrected chi connectivity index (χ3v) is 6.04. The molecule has 0 fully saturated rings. The van der Waals surface area contributed by atoms with Crippen LogP contribution in [0, 0.1) is 0 Å². The van der Waals surface area contributed by atoms with Crippen LogP contribution in [0.5, 0.6) is 11.5 Å². The summed E-state index contributed by atoms with van der Waals surface area (Å²) in [5.41, 5.74) is 0.606. The van der Waals surface area contributed by atoms with Gasteiger partial charge in [-0.2, -0.15) is 0 Å². The minimum Gasteiger partial charge on any atom is -0.495 e. The maximum Gasteiger partial charge on any atom is 0.151 e. The molecular weight excluding hydrogens is 356 g/mol. The summed E-state index contributed by atoms with van der Waals surface area (Å²) in [6.45, 7) is 1.57. The van der Waals surface area contributed by atoms with E-state index >= 15 is 0 Å². The van der Waals surface area contributed by atoms with Gasteiger partial charge in [0.25, 0.3) is 0 Å². The van der Waals surface area contributed by atoms with Crippen molar-refractivity contribution in [1.29, 1.82) is 0 Å². The summed E-state index contributed by atoms with van der Waals surface area (Å²) >= 11 is 9.63. The lowest BCUT2D eigenvalue weighted by Gasteiger charge is -2.20. The summed E-state index contributed by atoms with van der Waals surface area (Å²) < 4.78 is 34.3. The summed E-state index contributed by atoms with van der Waals surface area (Å²) in [5, 5.41) is -1.42. The van der Waals surface area contributed by atoms with Crippen LogP contribution in [-0.2, 0) is 9.84 Å². The second-order valence-corrected chi connectivity index (χ2v) is 7.81. The molecule has 0 aliphatic heterocycles. The number of sulfone groups is 1. The first kappa shape index (κ1) is 16.6. The SMILES string of the molecule is COc1ccc(C(Cl)C(C)S(C)(=O)=O)c(OC)c1Br. The van der Waals surface area contributed by atoms with E-state index in [0.717, 1.165) is 6.26 Å². The van der Waals surface area contributed by atoms with Crippen molar-refractivity contribution in [2.24, 2.45) is 0 Å². The standard InChI is InChI=1S/C12H16BrClO4S/c1-7(19(4,15)16)11(14)8-5-6-9(17-2)10(13)12(8)18-3/h5-7,11H,1-4H3. The van der Waals surface area contributed by atoms with Crippen molar-refractivity contribution in [3.63, 3.8) is 0 Å². The fourth-order valence-electron chi connectivity index (χ4n) is 1.61. The average Bonchev–Trinajstić information content (AvgIpc) is 2.35. The smallest absolute Gasteiger partial charge is 0.151 e. The van der Waals surface area contributed by atoms with Gasteiger partial charge in [-0.25, -0.2) is 8.42 Å². The van der Waals surface area contributed by atoms with Crippen LogP contribution in [-0.4, -0.2) is 34.1 Å². The fraction of sp³-hybridized carbons (Fsp3) is 0.500. The molecule has 0 aliphatic rings. The Morgan fingerprint density at radius 3 is 2.26 bits per heavy atom. The molecule has 1 aromatic carbocycles. The molecule has 0 aromatic heterocycles. The highest BCUT2D eigenvalue weighted by atomic mass is 79.9. The molecule has 2 unspecified atom stereocenters. The summed E-state index contributed by atoms with van der Waals surface area (Å²) in [4.78, 5) is 0. The molecule has 0 N–H and O–H groups in total. The normalized spacial score (nSPS) is 14.8. The van der Waals surface area contributed by atoms with Crippen molar-refractivity contribution < 1.29 is 17.9 Å². The Hall–Kier alpha value is -0.460.